The normalized spacial score (nSPS) is 20.7. The fourth-order valence-corrected chi connectivity index (χ4v) is 5.07. The molecule has 2 fully saturated rings. The van der Waals surface area contributed by atoms with Crippen LogP contribution in [0.5, 0.6) is 0 Å². The summed E-state index contributed by atoms with van der Waals surface area (Å²) in [5, 5.41) is 9.03. The number of hydrogen-bond donors (Lipinski definition) is 0. The van der Waals surface area contributed by atoms with Gasteiger partial charge in [0, 0.05) is 43.5 Å². The number of aromatic nitrogens is 4. The molecule has 0 atom stereocenters. The second-order valence-corrected chi connectivity index (χ2v) is 8.51. The Hall–Kier alpha value is -1.89. The maximum Gasteiger partial charge on any atom is 0.151 e. The molecular weight excluding hydrogens is 344 g/mol. The molecule has 1 saturated carbocycles. The summed E-state index contributed by atoms with van der Waals surface area (Å²) < 4.78 is 0. The highest BCUT2D eigenvalue weighted by atomic mass is 32.2. The molecule has 0 bridgehead atoms. The highest BCUT2D eigenvalue weighted by Gasteiger charge is 2.36. The van der Waals surface area contributed by atoms with E-state index in [9.17, 15) is 0 Å². The summed E-state index contributed by atoms with van der Waals surface area (Å²) >= 11 is 2.00. The van der Waals surface area contributed by atoms with Crippen molar-refractivity contribution < 1.29 is 0 Å². The molecule has 0 aromatic carbocycles. The molecule has 136 valence electrons. The summed E-state index contributed by atoms with van der Waals surface area (Å²) in [4.78, 5) is 13.6. The van der Waals surface area contributed by atoms with E-state index in [4.69, 9.17) is 0 Å². The van der Waals surface area contributed by atoms with Crippen LogP contribution in [0.1, 0.15) is 36.9 Å². The van der Waals surface area contributed by atoms with Crippen LogP contribution in [0.3, 0.4) is 0 Å². The number of aryl methyl sites for hydroxylation is 1. The Morgan fingerprint density at radius 3 is 2.69 bits per heavy atom. The van der Waals surface area contributed by atoms with Crippen molar-refractivity contribution in [1.29, 1.82) is 0 Å². The van der Waals surface area contributed by atoms with Gasteiger partial charge in [-0.2, -0.15) is 16.9 Å². The van der Waals surface area contributed by atoms with E-state index < -0.39 is 0 Å². The van der Waals surface area contributed by atoms with Gasteiger partial charge in [0.25, 0.3) is 0 Å². The molecule has 0 unspecified atom stereocenters. The molecule has 6 nitrogen and oxygen atoms in total. The zero-order valence-corrected chi connectivity index (χ0v) is 15.7. The molecule has 2 aromatic heterocycles. The van der Waals surface area contributed by atoms with Crippen LogP contribution in [-0.4, -0.2) is 51.1 Å². The Labute approximate surface area is 158 Å². The van der Waals surface area contributed by atoms with Crippen LogP contribution in [0.15, 0.2) is 24.7 Å². The molecular formula is C19H24N6S. The first-order valence-corrected chi connectivity index (χ1v) is 10.8. The minimum atomic E-state index is 0.565. The second-order valence-electron chi connectivity index (χ2n) is 7.40. The fourth-order valence-electron chi connectivity index (χ4n) is 4.12. The van der Waals surface area contributed by atoms with Gasteiger partial charge in [-0.1, -0.05) is 0 Å². The summed E-state index contributed by atoms with van der Waals surface area (Å²) in [6, 6.07) is 5.56. The van der Waals surface area contributed by atoms with Crippen molar-refractivity contribution in [3.05, 3.63) is 35.9 Å². The number of rotatable bonds is 4. The largest absolute Gasteiger partial charge is 0.355 e. The van der Waals surface area contributed by atoms with Gasteiger partial charge in [-0.05, 0) is 49.1 Å². The van der Waals surface area contributed by atoms with Crippen LogP contribution in [0.25, 0.3) is 0 Å². The van der Waals surface area contributed by atoms with E-state index in [2.05, 4.69) is 42.1 Å². The third kappa shape index (κ3) is 3.24. The van der Waals surface area contributed by atoms with Crippen LogP contribution in [0.2, 0.25) is 0 Å². The number of anilines is 2. The van der Waals surface area contributed by atoms with Gasteiger partial charge >= 0.3 is 0 Å². The van der Waals surface area contributed by atoms with Crippen LogP contribution < -0.4 is 9.80 Å². The van der Waals surface area contributed by atoms with Gasteiger partial charge < -0.3 is 9.80 Å². The zero-order chi connectivity index (χ0) is 17.3. The first kappa shape index (κ1) is 16.3. The maximum atomic E-state index is 4.52. The maximum absolute atomic E-state index is 4.52. The molecule has 0 radical (unpaired) electrons. The SMILES string of the molecule is c1cc(N(C2CC2)C2CCN(c3cc4c(nn3)CCSC4)CC2)ncn1. The summed E-state index contributed by atoms with van der Waals surface area (Å²) in [5.74, 6) is 4.40. The van der Waals surface area contributed by atoms with Gasteiger partial charge in [0.2, 0.25) is 0 Å². The first-order chi connectivity index (χ1) is 12.9. The Morgan fingerprint density at radius 2 is 1.92 bits per heavy atom. The van der Waals surface area contributed by atoms with Gasteiger partial charge in [0.15, 0.2) is 5.82 Å². The minimum absolute atomic E-state index is 0.565. The number of hydrogen-bond acceptors (Lipinski definition) is 7. The molecule has 1 aliphatic carbocycles. The van der Waals surface area contributed by atoms with E-state index in [0.29, 0.717) is 12.1 Å². The van der Waals surface area contributed by atoms with E-state index in [0.717, 1.165) is 49.7 Å². The smallest absolute Gasteiger partial charge is 0.151 e. The van der Waals surface area contributed by atoms with Crippen LogP contribution >= 0.6 is 11.8 Å². The van der Waals surface area contributed by atoms with Crippen molar-refractivity contribution in [3.8, 4) is 0 Å². The van der Waals surface area contributed by atoms with Crippen molar-refractivity contribution in [2.45, 2.75) is 49.9 Å². The van der Waals surface area contributed by atoms with E-state index in [1.54, 1.807) is 6.33 Å². The Morgan fingerprint density at radius 1 is 1.08 bits per heavy atom. The topological polar surface area (TPSA) is 58.0 Å². The van der Waals surface area contributed by atoms with Gasteiger partial charge in [-0.25, -0.2) is 9.97 Å². The molecule has 0 amide bonds. The van der Waals surface area contributed by atoms with Gasteiger partial charge in [0.1, 0.15) is 12.1 Å². The van der Waals surface area contributed by atoms with Crippen LogP contribution in [0, 0.1) is 0 Å². The number of thioether (sulfide) groups is 1. The number of fused-ring (bicyclic) bond motifs is 1. The Kier molecular flexibility index (Phi) is 4.40. The second kappa shape index (κ2) is 7.02. The summed E-state index contributed by atoms with van der Waals surface area (Å²) in [5.41, 5.74) is 2.58. The molecule has 7 heteroatoms. The van der Waals surface area contributed by atoms with Crippen LogP contribution in [0.4, 0.5) is 11.6 Å². The summed E-state index contributed by atoms with van der Waals surface area (Å²) in [7, 11) is 0. The minimum Gasteiger partial charge on any atom is -0.355 e. The standard InChI is InChI=1S/C19H24N6S/c1-2-15(1)25(18-3-7-20-13-21-18)16-4-8-24(9-5-16)19-11-14-12-26-10-6-17(14)22-23-19/h3,7,11,13,15-16H,1-2,4-6,8-10,12H2. The Bertz CT molecular complexity index is 758. The zero-order valence-electron chi connectivity index (χ0n) is 14.9. The average molecular weight is 369 g/mol. The molecule has 2 aromatic rings. The molecule has 5 rings (SSSR count). The highest BCUT2D eigenvalue weighted by molar-refractivity contribution is 7.98. The molecule has 3 aliphatic rings. The quantitative estimate of drug-likeness (QED) is 0.822. The monoisotopic (exact) mass is 368 g/mol. The van der Waals surface area contributed by atoms with Crippen molar-refractivity contribution in [1.82, 2.24) is 20.2 Å². The van der Waals surface area contributed by atoms with Crippen molar-refractivity contribution in [3.63, 3.8) is 0 Å². The molecule has 2 aliphatic heterocycles. The third-order valence-corrected chi connectivity index (χ3v) is 6.65. The molecule has 26 heavy (non-hydrogen) atoms. The number of nitrogens with zero attached hydrogens (tertiary/aromatic N) is 6. The number of piperidine rings is 1. The molecule has 0 N–H and O–H groups in total. The predicted octanol–water partition coefficient (Wildman–Crippen LogP) is 2.69. The lowest BCUT2D eigenvalue weighted by Gasteiger charge is -2.39. The van der Waals surface area contributed by atoms with E-state index in [1.807, 2.05) is 18.0 Å². The molecule has 4 heterocycles. The lowest BCUT2D eigenvalue weighted by atomic mass is 10.0. The van der Waals surface area contributed by atoms with Crippen molar-refractivity contribution in [2.24, 2.45) is 0 Å². The van der Waals surface area contributed by atoms with E-state index in [1.165, 1.54) is 29.9 Å². The lowest BCUT2D eigenvalue weighted by molar-refractivity contribution is 0.456. The van der Waals surface area contributed by atoms with Gasteiger partial charge in [-0.15, -0.1) is 5.10 Å². The van der Waals surface area contributed by atoms with E-state index in [-0.39, 0.29) is 0 Å². The van der Waals surface area contributed by atoms with Crippen molar-refractivity contribution in [2.75, 3.05) is 28.6 Å². The fraction of sp³-hybridized carbons (Fsp3) is 0.579. The summed E-state index contributed by atoms with van der Waals surface area (Å²) in [6.07, 6.45) is 9.46. The highest BCUT2D eigenvalue weighted by Crippen LogP contribution is 2.35. The molecule has 0 spiro atoms. The third-order valence-electron chi connectivity index (χ3n) is 5.64. The van der Waals surface area contributed by atoms with Gasteiger partial charge in [-0.3, -0.25) is 0 Å². The lowest BCUT2D eigenvalue weighted by Crippen LogP contribution is -2.46. The first-order valence-electron chi connectivity index (χ1n) is 9.61. The van der Waals surface area contributed by atoms with Crippen molar-refractivity contribution >= 4 is 23.4 Å². The van der Waals surface area contributed by atoms with E-state index >= 15 is 0 Å². The molecule has 1 saturated heterocycles. The average Bonchev–Trinajstić information content (AvgIpc) is 3.54. The Balaban J connectivity index is 1.28. The summed E-state index contributed by atoms with van der Waals surface area (Å²) in [6.45, 7) is 2.08. The predicted molar refractivity (Wildman–Crippen MR) is 105 cm³/mol. The van der Waals surface area contributed by atoms with Crippen LogP contribution in [-0.2, 0) is 12.2 Å². The van der Waals surface area contributed by atoms with Gasteiger partial charge in [0.05, 0.1) is 5.69 Å².